The van der Waals surface area contributed by atoms with Gasteiger partial charge in [-0.3, -0.25) is 9.59 Å². The molecule has 0 unspecified atom stereocenters. The molecule has 1 heterocycles. The van der Waals surface area contributed by atoms with Gasteiger partial charge in [0.15, 0.2) is 0 Å². The van der Waals surface area contributed by atoms with E-state index in [0.29, 0.717) is 23.8 Å². The van der Waals surface area contributed by atoms with E-state index in [-0.39, 0.29) is 18.4 Å². The van der Waals surface area contributed by atoms with Crippen molar-refractivity contribution in [1.82, 2.24) is 15.2 Å². The Hall–Kier alpha value is -1.47. The summed E-state index contributed by atoms with van der Waals surface area (Å²) in [4.78, 5) is 28.8. The van der Waals surface area contributed by atoms with Crippen molar-refractivity contribution in [3.8, 4) is 0 Å². The Bertz CT molecular complexity index is 405. The second kappa shape index (κ2) is 6.31. The lowest BCUT2D eigenvalue weighted by molar-refractivity contribution is -0.121. The number of hydrogen-bond donors (Lipinski definition) is 2. The highest BCUT2D eigenvalue weighted by Gasteiger charge is 2.19. The Morgan fingerprint density at radius 3 is 2.76 bits per heavy atom. The maximum Gasteiger partial charge on any atom is 0.273 e. The molecular formula is C10H16N4O2S. The Balaban J connectivity index is 2.75. The van der Waals surface area contributed by atoms with Gasteiger partial charge in [-0.05, 0) is 6.92 Å². The molecule has 0 aromatic carbocycles. The third-order valence-corrected chi connectivity index (χ3v) is 3.10. The van der Waals surface area contributed by atoms with Gasteiger partial charge in [0.25, 0.3) is 5.91 Å². The number of nitrogens with one attached hydrogen (secondary N) is 1. The summed E-state index contributed by atoms with van der Waals surface area (Å²) in [5, 5.41) is 4.86. The lowest BCUT2D eigenvalue weighted by Crippen LogP contribution is -2.39. The first-order chi connectivity index (χ1) is 8.12. The molecular weight excluding hydrogens is 240 g/mol. The van der Waals surface area contributed by atoms with E-state index in [1.807, 2.05) is 6.92 Å². The summed E-state index contributed by atoms with van der Waals surface area (Å²) in [6.45, 7) is 2.64. The number of thiazole rings is 1. The minimum absolute atomic E-state index is 0.0430. The summed E-state index contributed by atoms with van der Waals surface area (Å²) >= 11 is 1.35. The zero-order chi connectivity index (χ0) is 12.8. The van der Waals surface area contributed by atoms with Crippen molar-refractivity contribution in [2.45, 2.75) is 13.5 Å². The number of rotatable bonds is 5. The number of carbonyl (C=O) groups is 2. The smallest absolute Gasteiger partial charge is 0.273 e. The van der Waals surface area contributed by atoms with E-state index < -0.39 is 0 Å². The highest BCUT2D eigenvalue weighted by atomic mass is 32.1. The van der Waals surface area contributed by atoms with Crippen molar-refractivity contribution in [2.75, 3.05) is 20.1 Å². The molecule has 7 heteroatoms. The summed E-state index contributed by atoms with van der Waals surface area (Å²) in [5.74, 6) is -0.443. The molecule has 1 aromatic heterocycles. The largest absolute Gasteiger partial charge is 0.358 e. The van der Waals surface area contributed by atoms with E-state index in [9.17, 15) is 9.59 Å². The number of likely N-dealkylation sites (N-methyl/N-ethyl adjacent to an activating group) is 2. The standard InChI is InChI=1S/C10H16N4O2S/c1-3-14(5-8(15)12-2)10(16)7-6-17-9(4-11)13-7/h6H,3-5,11H2,1-2H3,(H,12,15). The molecule has 0 atom stereocenters. The summed E-state index contributed by atoms with van der Waals surface area (Å²) in [6, 6.07) is 0. The number of amides is 2. The molecule has 0 fully saturated rings. The van der Waals surface area contributed by atoms with E-state index in [0.717, 1.165) is 0 Å². The maximum atomic E-state index is 12.0. The minimum atomic E-state index is -0.243. The van der Waals surface area contributed by atoms with E-state index in [1.54, 1.807) is 5.38 Å². The summed E-state index contributed by atoms with van der Waals surface area (Å²) < 4.78 is 0. The molecule has 0 aliphatic heterocycles. The first-order valence-electron chi connectivity index (χ1n) is 5.26. The van der Waals surface area contributed by atoms with Gasteiger partial charge < -0.3 is 16.0 Å². The van der Waals surface area contributed by atoms with Crippen LogP contribution in [0.5, 0.6) is 0 Å². The zero-order valence-corrected chi connectivity index (χ0v) is 10.7. The molecule has 1 aromatic rings. The van der Waals surface area contributed by atoms with Crippen LogP contribution in [0.4, 0.5) is 0 Å². The van der Waals surface area contributed by atoms with Crippen LogP contribution in [0.25, 0.3) is 0 Å². The van der Waals surface area contributed by atoms with E-state index in [4.69, 9.17) is 5.73 Å². The topological polar surface area (TPSA) is 88.3 Å². The van der Waals surface area contributed by atoms with Gasteiger partial charge in [0.2, 0.25) is 5.91 Å². The van der Waals surface area contributed by atoms with Gasteiger partial charge in [0.1, 0.15) is 10.7 Å². The molecule has 0 bridgehead atoms. The van der Waals surface area contributed by atoms with Gasteiger partial charge in [-0.15, -0.1) is 11.3 Å². The predicted molar refractivity (Wildman–Crippen MR) is 65.6 cm³/mol. The van der Waals surface area contributed by atoms with Crippen LogP contribution < -0.4 is 11.1 Å². The Morgan fingerprint density at radius 2 is 2.29 bits per heavy atom. The van der Waals surface area contributed by atoms with Crippen LogP contribution in [0.2, 0.25) is 0 Å². The first kappa shape index (κ1) is 13.6. The van der Waals surface area contributed by atoms with Crippen molar-refractivity contribution in [3.63, 3.8) is 0 Å². The molecule has 0 saturated carbocycles. The molecule has 17 heavy (non-hydrogen) atoms. The van der Waals surface area contributed by atoms with Gasteiger partial charge in [0, 0.05) is 25.5 Å². The SMILES string of the molecule is CCN(CC(=O)NC)C(=O)c1csc(CN)n1. The van der Waals surface area contributed by atoms with Crippen LogP contribution in [-0.4, -0.2) is 41.8 Å². The third kappa shape index (κ3) is 3.50. The second-order valence-corrected chi connectivity index (χ2v) is 4.27. The van der Waals surface area contributed by atoms with Gasteiger partial charge in [-0.1, -0.05) is 0 Å². The Morgan fingerprint density at radius 1 is 1.59 bits per heavy atom. The molecule has 0 aliphatic rings. The zero-order valence-electron chi connectivity index (χ0n) is 9.90. The molecule has 2 amide bonds. The molecule has 94 valence electrons. The van der Waals surface area contributed by atoms with E-state index >= 15 is 0 Å². The summed E-state index contributed by atoms with van der Waals surface area (Å²) in [7, 11) is 1.54. The van der Waals surface area contributed by atoms with E-state index in [2.05, 4.69) is 10.3 Å². The lowest BCUT2D eigenvalue weighted by Gasteiger charge is -2.18. The highest BCUT2D eigenvalue weighted by molar-refractivity contribution is 7.09. The average molecular weight is 256 g/mol. The quantitative estimate of drug-likeness (QED) is 0.764. The monoisotopic (exact) mass is 256 g/mol. The summed E-state index contributed by atoms with van der Waals surface area (Å²) in [6.07, 6.45) is 0. The lowest BCUT2D eigenvalue weighted by atomic mass is 10.3. The first-order valence-corrected chi connectivity index (χ1v) is 6.14. The number of aromatic nitrogens is 1. The van der Waals surface area contributed by atoms with Crippen molar-refractivity contribution < 1.29 is 9.59 Å². The normalized spacial score (nSPS) is 10.1. The fourth-order valence-electron chi connectivity index (χ4n) is 1.24. The van der Waals surface area contributed by atoms with Crippen molar-refractivity contribution in [3.05, 3.63) is 16.1 Å². The molecule has 1 rings (SSSR count). The predicted octanol–water partition coefficient (Wildman–Crippen LogP) is -0.190. The Kier molecular flexibility index (Phi) is 5.05. The van der Waals surface area contributed by atoms with Crippen LogP contribution in [0.1, 0.15) is 22.4 Å². The van der Waals surface area contributed by atoms with Crippen LogP contribution >= 0.6 is 11.3 Å². The summed E-state index contributed by atoms with van der Waals surface area (Å²) in [5.41, 5.74) is 5.78. The van der Waals surface area contributed by atoms with Crippen LogP contribution in [0.15, 0.2) is 5.38 Å². The van der Waals surface area contributed by atoms with E-state index in [1.165, 1.54) is 23.3 Å². The molecule has 3 N–H and O–H groups in total. The minimum Gasteiger partial charge on any atom is -0.358 e. The number of nitrogens with two attached hydrogens (primary N) is 1. The fraction of sp³-hybridized carbons (Fsp3) is 0.500. The molecule has 0 spiro atoms. The number of nitrogens with zero attached hydrogens (tertiary/aromatic N) is 2. The van der Waals surface area contributed by atoms with Gasteiger partial charge in [-0.25, -0.2) is 4.98 Å². The van der Waals surface area contributed by atoms with Crippen LogP contribution in [0, 0.1) is 0 Å². The van der Waals surface area contributed by atoms with Crippen LogP contribution in [0.3, 0.4) is 0 Å². The maximum absolute atomic E-state index is 12.0. The van der Waals surface area contributed by atoms with Gasteiger partial charge >= 0.3 is 0 Å². The molecule has 0 saturated heterocycles. The molecule has 0 radical (unpaired) electrons. The van der Waals surface area contributed by atoms with Crippen molar-refractivity contribution in [2.24, 2.45) is 5.73 Å². The third-order valence-electron chi connectivity index (χ3n) is 2.23. The second-order valence-electron chi connectivity index (χ2n) is 3.32. The van der Waals surface area contributed by atoms with Crippen molar-refractivity contribution >= 4 is 23.2 Å². The van der Waals surface area contributed by atoms with Crippen LogP contribution in [-0.2, 0) is 11.3 Å². The van der Waals surface area contributed by atoms with Gasteiger partial charge in [-0.2, -0.15) is 0 Å². The van der Waals surface area contributed by atoms with Crippen molar-refractivity contribution in [1.29, 1.82) is 0 Å². The molecule has 0 aliphatic carbocycles. The fourth-order valence-corrected chi connectivity index (χ4v) is 1.89. The number of carbonyl (C=O) groups excluding carboxylic acids is 2. The van der Waals surface area contributed by atoms with Gasteiger partial charge in [0.05, 0.1) is 6.54 Å². The highest BCUT2D eigenvalue weighted by Crippen LogP contribution is 2.11. The number of hydrogen-bond acceptors (Lipinski definition) is 5. The average Bonchev–Trinajstić information content (AvgIpc) is 2.83. The molecule has 6 nitrogen and oxygen atoms in total. The Labute approximate surface area is 104 Å².